The highest BCUT2D eigenvalue weighted by atomic mass is 31.2. The predicted octanol–water partition coefficient (Wildman–Crippen LogP) is 9.54. The summed E-state index contributed by atoms with van der Waals surface area (Å²) in [6.45, 7) is 4.15. The lowest BCUT2D eigenvalue weighted by molar-refractivity contribution is -0.870. The molecule has 0 spiro atoms. The summed E-state index contributed by atoms with van der Waals surface area (Å²) in [6, 6.07) is 0. The second-order valence-corrected chi connectivity index (χ2v) is 15.9. The molecule has 298 valence electrons. The molecule has 51 heavy (non-hydrogen) atoms. The van der Waals surface area contributed by atoms with Crippen LogP contribution in [0.1, 0.15) is 149 Å². The highest BCUT2D eigenvalue weighted by Gasteiger charge is 2.27. The lowest BCUT2D eigenvalue weighted by Gasteiger charge is -2.24. The summed E-state index contributed by atoms with van der Waals surface area (Å²) in [4.78, 5) is 35.2. The maximum Gasteiger partial charge on any atom is 0.472 e. The van der Waals surface area contributed by atoms with Gasteiger partial charge in [-0.2, -0.15) is 0 Å². The molecule has 0 aromatic carbocycles. The van der Waals surface area contributed by atoms with Crippen LogP contribution in [0.5, 0.6) is 0 Å². The van der Waals surface area contributed by atoms with Crippen LogP contribution in [-0.2, 0) is 32.7 Å². The van der Waals surface area contributed by atoms with Gasteiger partial charge in [-0.25, -0.2) is 4.57 Å². The van der Waals surface area contributed by atoms with Crippen molar-refractivity contribution in [3.05, 3.63) is 36.5 Å². The number of allylic oxidation sites excluding steroid dienone is 5. The van der Waals surface area contributed by atoms with Gasteiger partial charge in [0.05, 0.1) is 33.9 Å². The van der Waals surface area contributed by atoms with Crippen molar-refractivity contribution >= 4 is 19.8 Å². The second-order valence-electron chi connectivity index (χ2n) is 14.5. The van der Waals surface area contributed by atoms with Gasteiger partial charge in [-0.15, -0.1) is 0 Å². The standard InChI is InChI=1S/C40H74NO9P/c1-6-8-10-12-14-15-16-17-19-23-28-32-40(44)50-38(36-49-51(45,46)48-34-33-41(3,4)5)35-47-39(43)31-27-24-20-22-26-30-37(42)29-25-21-18-13-11-9-7-2/h9,11,18,21,25,29,37-38,42H,6-8,10,12-17,19-20,22-24,26-28,30-36H2,1-5H3/p+1/b11-9+,21-18+,29-25+/t37?,38-/m1/s1. The number of carbonyl (C=O) groups is 2. The third-order valence-corrected chi connectivity index (χ3v) is 9.27. The van der Waals surface area contributed by atoms with E-state index < -0.39 is 38.6 Å². The van der Waals surface area contributed by atoms with Crippen molar-refractivity contribution in [3.63, 3.8) is 0 Å². The van der Waals surface area contributed by atoms with Crippen LogP contribution in [0.15, 0.2) is 36.5 Å². The monoisotopic (exact) mass is 745 g/mol. The molecule has 2 unspecified atom stereocenters. The molecule has 0 saturated heterocycles. The average Bonchev–Trinajstić information content (AvgIpc) is 3.06. The first-order valence-corrected chi connectivity index (χ1v) is 21.3. The molecule has 10 nitrogen and oxygen atoms in total. The number of aliphatic hydroxyl groups excluding tert-OH is 1. The maximum absolute atomic E-state index is 12.6. The van der Waals surface area contributed by atoms with Crippen molar-refractivity contribution in [1.29, 1.82) is 0 Å². The molecular formula is C40H75NO9P+. The smallest absolute Gasteiger partial charge is 0.462 e. The third-order valence-electron chi connectivity index (χ3n) is 8.29. The zero-order chi connectivity index (χ0) is 38.1. The molecule has 3 atom stereocenters. The number of carbonyl (C=O) groups excluding carboxylic acids is 2. The Kier molecular flexibility index (Phi) is 31.6. The summed E-state index contributed by atoms with van der Waals surface area (Å²) in [5.74, 6) is -0.877. The molecular weight excluding hydrogens is 669 g/mol. The van der Waals surface area contributed by atoms with Crippen LogP contribution in [0, 0.1) is 0 Å². The minimum Gasteiger partial charge on any atom is -0.462 e. The minimum absolute atomic E-state index is 0.0161. The number of hydrogen-bond acceptors (Lipinski definition) is 8. The average molecular weight is 745 g/mol. The van der Waals surface area contributed by atoms with Gasteiger partial charge >= 0.3 is 19.8 Å². The molecule has 2 N–H and O–H groups in total. The Morgan fingerprint density at radius 1 is 0.706 bits per heavy atom. The fraction of sp³-hybridized carbons (Fsp3) is 0.800. The number of ether oxygens (including phenoxy) is 2. The van der Waals surface area contributed by atoms with Crippen molar-refractivity contribution in [2.75, 3.05) is 47.5 Å². The first-order valence-electron chi connectivity index (χ1n) is 19.8. The van der Waals surface area contributed by atoms with Crippen LogP contribution >= 0.6 is 7.82 Å². The van der Waals surface area contributed by atoms with E-state index in [1.807, 2.05) is 39.4 Å². The molecule has 0 radical (unpaired) electrons. The number of aliphatic hydroxyl groups is 1. The number of phosphoric acid groups is 1. The lowest BCUT2D eigenvalue weighted by Crippen LogP contribution is -2.37. The van der Waals surface area contributed by atoms with Crippen molar-refractivity contribution in [1.82, 2.24) is 0 Å². The summed E-state index contributed by atoms with van der Waals surface area (Å²) < 4.78 is 34.1. The molecule has 0 aromatic heterocycles. The van der Waals surface area contributed by atoms with Gasteiger partial charge in [-0.1, -0.05) is 140 Å². The molecule has 0 heterocycles. The summed E-state index contributed by atoms with van der Waals surface area (Å²) >= 11 is 0. The van der Waals surface area contributed by atoms with E-state index in [1.165, 1.54) is 44.9 Å². The van der Waals surface area contributed by atoms with Crippen LogP contribution in [-0.4, -0.2) is 86.1 Å². The van der Waals surface area contributed by atoms with E-state index in [0.29, 0.717) is 30.3 Å². The number of quaternary nitrogens is 1. The Morgan fingerprint density at radius 2 is 1.27 bits per heavy atom. The van der Waals surface area contributed by atoms with Crippen LogP contribution in [0.4, 0.5) is 0 Å². The van der Waals surface area contributed by atoms with Gasteiger partial charge < -0.3 is 24.0 Å². The Bertz CT molecular complexity index is 993. The highest BCUT2D eigenvalue weighted by Crippen LogP contribution is 2.43. The molecule has 11 heteroatoms. The molecule has 0 aliphatic carbocycles. The van der Waals surface area contributed by atoms with Gasteiger partial charge in [-0.05, 0) is 32.1 Å². The normalized spacial score (nSPS) is 14.7. The minimum atomic E-state index is -4.39. The van der Waals surface area contributed by atoms with Crippen LogP contribution in [0.2, 0.25) is 0 Å². The van der Waals surface area contributed by atoms with E-state index in [9.17, 15) is 24.2 Å². The molecule has 0 amide bonds. The molecule has 0 rings (SSSR count). The first kappa shape index (κ1) is 49.2. The summed E-state index contributed by atoms with van der Waals surface area (Å²) in [5, 5.41) is 10.1. The predicted molar refractivity (Wildman–Crippen MR) is 207 cm³/mol. The van der Waals surface area contributed by atoms with E-state index >= 15 is 0 Å². The van der Waals surface area contributed by atoms with Gasteiger partial charge in [0.2, 0.25) is 0 Å². The van der Waals surface area contributed by atoms with Crippen molar-refractivity contribution in [2.45, 2.75) is 161 Å². The zero-order valence-corrected chi connectivity index (χ0v) is 33.8. The van der Waals surface area contributed by atoms with E-state index in [-0.39, 0.29) is 26.1 Å². The summed E-state index contributed by atoms with van der Waals surface area (Å²) in [6.07, 6.45) is 30.7. The first-order chi connectivity index (χ1) is 24.4. The van der Waals surface area contributed by atoms with Crippen molar-refractivity contribution < 1.29 is 47.2 Å². The van der Waals surface area contributed by atoms with Crippen molar-refractivity contribution in [2.24, 2.45) is 0 Å². The molecule has 0 saturated carbocycles. The summed E-state index contributed by atoms with van der Waals surface area (Å²) in [7, 11) is 1.42. The van der Waals surface area contributed by atoms with Crippen LogP contribution in [0.3, 0.4) is 0 Å². The number of likely N-dealkylation sites (N-methyl/N-ethyl adjacent to an activating group) is 1. The highest BCUT2D eigenvalue weighted by molar-refractivity contribution is 7.47. The quantitative estimate of drug-likeness (QED) is 0.0163. The van der Waals surface area contributed by atoms with Gasteiger partial charge in [0.1, 0.15) is 19.8 Å². The number of hydrogen-bond donors (Lipinski definition) is 2. The Balaban J connectivity index is 4.49. The fourth-order valence-corrected chi connectivity index (χ4v) is 5.88. The Morgan fingerprint density at radius 3 is 1.86 bits per heavy atom. The molecule has 0 bridgehead atoms. The zero-order valence-electron chi connectivity index (χ0n) is 32.9. The largest absolute Gasteiger partial charge is 0.472 e. The number of unbranched alkanes of at least 4 members (excludes halogenated alkanes) is 14. The number of nitrogens with zero attached hydrogens (tertiary/aromatic N) is 1. The molecule has 0 aromatic rings. The molecule has 0 aliphatic heterocycles. The topological polar surface area (TPSA) is 129 Å². The third kappa shape index (κ3) is 36.3. The number of rotatable bonds is 35. The van der Waals surface area contributed by atoms with Crippen LogP contribution < -0.4 is 0 Å². The lowest BCUT2D eigenvalue weighted by atomic mass is 10.1. The number of esters is 2. The molecule has 0 aliphatic rings. The van der Waals surface area contributed by atoms with E-state index in [2.05, 4.69) is 32.1 Å². The van der Waals surface area contributed by atoms with Gasteiger partial charge in [-0.3, -0.25) is 18.6 Å². The van der Waals surface area contributed by atoms with Gasteiger partial charge in [0.25, 0.3) is 0 Å². The maximum atomic E-state index is 12.6. The fourth-order valence-electron chi connectivity index (χ4n) is 5.14. The van der Waals surface area contributed by atoms with Gasteiger partial charge in [0, 0.05) is 12.8 Å². The molecule has 0 fully saturated rings. The Labute approximate surface area is 311 Å². The second kappa shape index (κ2) is 32.8. The van der Waals surface area contributed by atoms with Gasteiger partial charge in [0.15, 0.2) is 6.10 Å². The Hall–Kier alpha value is -1.81. The van der Waals surface area contributed by atoms with E-state index in [0.717, 1.165) is 57.8 Å². The van der Waals surface area contributed by atoms with E-state index in [1.54, 1.807) is 0 Å². The number of phosphoric ester groups is 1. The van der Waals surface area contributed by atoms with Crippen molar-refractivity contribution in [3.8, 4) is 0 Å². The van der Waals surface area contributed by atoms with Crippen LogP contribution in [0.25, 0.3) is 0 Å². The van der Waals surface area contributed by atoms with E-state index in [4.69, 9.17) is 18.5 Å². The summed E-state index contributed by atoms with van der Waals surface area (Å²) in [5.41, 5.74) is 0. The SMILES string of the molecule is CC/C=C/C/C=C/C=C/C(O)CCCCCCCC(=O)OC[C@H](COP(=O)(O)OCC[N+](C)(C)C)OC(=O)CCCCCCCCCCCCC.